The summed E-state index contributed by atoms with van der Waals surface area (Å²) in [6, 6.07) is 5.06. The molecule has 0 radical (unpaired) electrons. The molecule has 0 bridgehead atoms. The number of anilines is 1. The number of amidine groups is 1. The molecule has 0 aliphatic carbocycles. The lowest BCUT2D eigenvalue weighted by Gasteiger charge is -2.17. The molecule has 2 aliphatic heterocycles. The van der Waals surface area contributed by atoms with Gasteiger partial charge in [-0.2, -0.15) is 8.42 Å². The molecule has 144 valence electrons. The maximum Gasteiger partial charge on any atom is 0.344 e. The Hall–Kier alpha value is -2.49. The number of benzene rings is 1. The largest absolute Gasteiger partial charge is 0.496 e. The van der Waals surface area contributed by atoms with E-state index in [1.807, 2.05) is 4.90 Å². The normalized spacial score (nSPS) is 17.2. The molecule has 2 aliphatic rings. The Balaban J connectivity index is 0.000000197. The third-order valence-corrected chi connectivity index (χ3v) is 4.79. The maximum atomic E-state index is 11.2. The zero-order valence-electron chi connectivity index (χ0n) is 15.0. The maximum absolute atomic E-state index is 11.2. The SMILES string of the molecule is CCCNC(=O)N1CCCC1.COc1cccc2c1C(N)=NS(=O)(=O)N2. The molecule has 1 fully saturated rings. The number of carbonyl (C=O) groups is 1. The summed E-state index contributed by atoms with van der Waals surface area (Å²) in [5.74, 6) is 0.414. The number of nitrogens with two attached hydrogens (primary N) is 1. The third kappa shape index (κ3) is 5.01. The first kappa shape index (κ1) is 19.8. The summed E-state index contributed by atoms with van der Waals surface area (Å²) in [6.45, 7) is 4.74. The highest BCUT2D eigenvalue weighted by Gasteiger charge is 2.23. The number of rotatable bonds is 3. The predicted molar refractivity (Wildman–Crippen MR) is 101 cm³/mol. The van der Waals surface area contributed by atoms with Gasteiger partial charge in [-0.25, -0.2) is 4.79 Å². The van der Waals surface area contributed by atoms with Crippen molar-refractivity contribution in [1.82, 2.24) is 10.2 Å². The fraction of sp³-hybridized carbons (Fsp3) is 0.500. The number of hydrogen-bond donors (Lipinski definition) is 3. The molecule has 1 aromatic carbocycles. The van der Waals surface area contributed by atoms with Crippen LogP contribution in [0.25, 0.3) is 0 Å². The topological polar surface area (TPSA) is 126 Å². The van der Waals surface area contributed by atoms with Crippen LogP contribution in [0, 0.1) is 0 Å². The molecule has 26 heavy (non-hydrogen) atoms. The lowest BCUT2D eigenvalue weighted by atomic mass is 10.1. The van der Waals surface area contributed by atoms with Crippen LogP contribution >= 0.6 is 0 Å². The van der Waals surface area contributed by atoms with E-state index >= 15 is 0 Å². The van der Waals surface area contributed by atoms with Gasteiger partial charge < -0.3 is 20.7 Å². The lowest BCUT2D eigenvalue weighted by molar-refractivity contribution is 0.209. The summed E-state index contributed by atoms with van der Waals surface area (Å²) in [4.78, 5) is 13.1. The highest BCUT2D eigenvalue weighted by Crippen LogP contribution is 2.29. The second kappa shape index (κ2) is 8.75. The van der Waals surface area contributed by atoms with E-state index in [9.17, 15) is 13.2 Å². The minimum Gasteiger partial charge on any atom is -0.496 e. The monoisotopic (exact) mass is 383 g/mol. The molecule has 9 nitrogen and oxygen atoms in total. The van der Waals surface area contributed by atoms with Crippen LogP contribution in [-0.4, -0.2) is 51.9 Å². The number of amides is 2. The molecule has 0 aromatic heterocycles. The second-order valence-corrected chi connectivity index (χ2v) is 7.20. The van der Waals surface area contributed by atoms with Crippen LogP contribution in [0.1, 0.15) is 31.7 Å². The molecule has 0 atom stereocenters. The van der Waals surface area contributed by atoms with Crippen molar-refractivity contribution in [2.45, 2.75) is 26.2 Å². The summed E-state index contributed by atoms with van der Waals surface area (Å²) in [5.41, 5.74) is 6.39. The van der Waals surface area contributed by atoms with Crippen LogP contribution in [0.4, 0.5) is 10.5 Å². The van der Waals surface area contributed by atoms with Crippen LogP contribution in [0.2, 0.25) is 0 Å². The fourth-order valence-corrected chi connectivity index (χ4v) is 3.50. The number of likely N-dealkylation sites (tertiary alicyclic amines) is 1. The molecule has 0 unspecified atom stereocenters. The number of hydrogen-bond acceptors (Lipinski definition) is 5. The van der Waals surface area contributed by atoms with E-state index in [0.29, 0.717) is 17.0 Å². The van der Waals surface area contributed by atoms with Crippen molar-refractivity contribution in [2.75, 3.05) is 31.5 Å². The molecule has 1 aromatic rings. The molecule has 0 saturated carbocycles. The minimum atomic E-state index is -3.71. The number of urea groups is 1. The Morgan fingerprint density at radius 1 is 1.38 bits per heavy atom. The van der Waals surface area contributed by atoms with Gasteiger partial charge >= 0.3 is 16.2 Å². The molecule has 2 amide bonds. The molecular formula is C16H25N5O4S. The van der Waals surface area contributed by atoms with Crippen LogP contribution in [0.5, 0.6) is 5.75 Å². The zero-order valence-corrected chi connectivity index (χ0v) is 15.8. The summed E-state index contributed by atoms with van der Waals surface area (Å²) in [6.07, 6.45) is 3.35. The van der Waals surface area contributed by atoms with Gasteiger partial charge in [0.2, 0.25) is 0 Å². The molecule has 3 rings (SSSR count). The first-order valence-corrected chi connectivity index (χ1v) is 9.90. The van der Waals surface area contributed by atoms with Gasteiger partial charge in [0.1, 0.15) is 5.75 Å². The van der Waals surface area contributed by atoms with Gasteiger partial charge in [-0.15, -0.1) is 4.40 Å². The molecule has 4 N–H and O–H groups in total. The van der Waals surface area contributed by atoms with Crippen molar-refractivity contribution in [3.63, 3.8) is 0 Å². The Bertz CT molecular complexity index is 773. The van der Waals surface area contributed by atoms with Crippen molar-refractivity contribution >= 4 is 27.8 Å². The highest BCUT2D eigenvalue weighted by atomic mass is 32.2. The average molecular weight is 383 g/mol. The van der Waals surface area contributed by atoms with Gasteiger partial charge in [0.25, 0.3) is 0 Å². The van der Waals surface area contributed by atoms with E-state index in [1.54, 1.807) is 18.2 Å². The molecular weight excluding hydrogens is 358 g/mol. The average Bonchev–Trinajstić information content (AvgIpc) is 3.13. The molecule has 10 heteroatoms. The van der Waals surface area contributed by atoms with E-state index in [1.165, 1.54) is 20.0 Å². The summed E-state index contributed by atoms with van der Waals surface area (Å²) >= 11 is 0. The van der Waals surface area contributed by atoms with Gasteiger partial charge in [-0.05, 0) is 31.4 Å². The van der Waals surface area contributed by atoms with Crippen LogP contribution in [-0.2, 0) is 10.2 Å². The Morgan fingerprint density at radius 2 is 2.08 bits per heavy atom. The van der Waals surface area contributed by atoms with Crippen molar-refractivity contribution in [3.8, 4) is 5.75 Å². The molecule has 2 heterocycles. The first-order valence-electron chi connectivity index (χ1n) is 8.46. The van der Waals surface area contributed by atoms with Crippen LogP contribution in [0.3, 0.4) is 0 Å². The number of ether oxygens (including phenoxy) is 1. The van der Waals surface area contributed by atoms with Gasteiger partial charge in [-0.1, -0.05) is 13.0 Å². The van der Waals surface area contributed by atoms with Crippen molar-refractivity contribution < 1.29 is 17.9 Å². The van der Waals surface area contributed by atoms with E-state index in [4.69, 9.17) is 10.5 Å². The highest BCUT2D eigenvalue weighted by molar-refractivity contribution is 7.91. The van der Waals surface area contributed by atoms with Gasteiger partial charge in [0.05, 0.1) is 18.4 Å². The number of carbonyl (C=O) groups excluding carboxylic acids is 1. The third-order valence-electron chi connectivity index (χ3n) is 3.88. The quantitative estimate of drug-likeness (QED) is 0.725. The standard InChI is InChI=1S/C8H9N3O3S.C8H16N2O/c1-14-6-4-2-3-5-7(6)8(9)11-15(12,13)10-5;1-2-5-9-8(11)10-6-3-4-7-10/h2-4,10H,1H3,(H2,9,11);2-7H2,1H3,(H,9,11). The van der Waals surface area contributed by atoms with Crippen LogP contribution < -0.4 is 20.5 Å². The van der Waals surface area contributed by atoms with Crippen molar-refractivity contribution in [2.24, 2.45) is 10.1 Å². The smallest absolute Gasteiger partial charge is 0.344 e. The van der Waals surface area contributed by atoms with Gasteiger partial charge in [0.15, 0.2) is 5.84 Å². The Kier molecular flexibility index (Phi) is 6.67. The summed E-state index contributed by atoms with van der Waals surface area (Å²) < 4.78 is 33.1. The summed E-state index contributed by atoms with van der Waals surface area (Å²) in [5, 5.41) is 2.86. The van der Waals surface area contributed by atoms with Crippen molar-refractivity contribution in [1.29, 1.82) is 0 Å². The first-order chi connectivity index (χ1) is 12.4. The minimum absolute atomic E-state index is 0.0683. The number of methoxy groups -OCH3 is 1. The summed E-state index contributed by atoms with van der Waals surface area (Å²) in [7, 11) is -2.23. The number of nitrogens with zero attached hydrogens (tertiary/aromatic N) is 2. The second-order valence-electron chi connectivity index (χ2n) is 5.86. The number of nitrogens with one attached hydrogen (secondary N) is 2. The van der Waals surface area contributed by atoms with Crippen molar-refractivity contribution in [3.05, 3.63) is 23.8 Å². The van der Waals surface area contributed by atoms with E-state index < -0.39 is 10.2 Å². The molecule has 1 saturated heterocycles. The fourth-order valence-electron chi connectivity index (χ4n) is 2.65. The zero-order chi connectivity index (χ0) is 19.2. The van der Waals surface area contributed by atoms with E-state index in [-0.39, 0.29) is 11.9 Å². The van der Waals surface area contributed by atoms with E-state index in [0.717, 1.165) is 26.1 Å². The lowest BCUT2D eigenvalue weighted by Crippen LogP contribution is -2.38. The Morgan fingerprint density at radius 3 is 2.69 bits per heavy atom. The molecule has 0 spiro atoms. The number of fused-ring (bicyclic) bond motifs is 1. The van der Waals surface area contributed by atoms with Gasteiger partial charge in [0, 0.05) is 19.6 Å². The van der Waals surface area contributed by atoms with Crippen LogP contribution in [0.15, 0.2) is 22.6 Å². The van der Waals surface area contributed by atoms with E-state index in [2.05, 4.69) is 21.4 Å². The Labute approximate surface area is 153 Å². The predicted octanol–water partition coefficient (Wildman–Crippen LogP) is 1.27. The van der Waals surface area contributed by atoms with Gasteiger partial charge in [-0.3, -0.25) is 4.72 Å².